The lowest BCUT2D eigenvalue weighted by Crippen LogP contribution is -2.09. The molecule has 0 atom stereocenters. The Morgan fingerprint density at radius 2 is 1.77 bits per heavy atom. The first kappa shape index (κ1) is 18.0. The summed E-state index contributed by atoms with van der Waals surface area (Å²) in [6, 6.07) is 11.9. The van der Waals surface area contributed by atoms with E-state index in [-0.39, 0.29) is 11.4 Å². The van der Waals surface area contributed by atoms with E-state index in [1.807, 2.05) is 25.1 Å². The molecule has 1 heterocycles. The van der Waals surface area contributed by atoms with Crippen molar-refractivity contribution in [1.29, 1.82) is 0 Å². The van der Waals surface area contributed by atoms with Gasteiger partial charge < -0.3 is 14.4 Å². The quantitative estimate of drug-likeness (QED) is 0.739. The largest absolute Gasteiger partial charge is 0.480 e. The van der Waals surface area contributed by atoms with Crippen molar-refractivity contribution in [3.63, 3.8) is 0 Å². The molecule has 26 heavy (non-hydrogen) atoms. The molecule has 7 heteroatoms. The van der Waals surface area contributed by atoms with Crippen molar-refractivity contribution in [2.24, 2.45) is 0 Å². The normalized spacial score (nSPS) is 11.7. The summed E-state index contributed by atoms with van der Waals surface area (Å²) in [6.07, 6.45) is 1.15. The Balaban J connectivity index is 2.08. The highest BCUT2D eigenvalue weighted by Gasteiger charge is 2.18. The number of sulfone groups is 1. The lowest BCUT2D eigenvalue weighted by atomic mass is 10.1. The summed E-state index contributed by atoms with van der Waals surface area (Å²) in [4.78, 5) is 11.4. The van der Waals surface area contributed by atoms with Gasteiger partial charge in [-0.15, -0.1) is 0 Å². The standard InChI is InChI=1S/C19H19NO5S/c1-12-4-9-17-16(10-12)19(13(2)20(17)11-18(21)22)25-14-5-7-15(8-6-14)26(3,23)24/h4-10H,11H2,1-3H3,(H,21,22). The topological polar surface area (TPSA) is 85.6 Å². The van der Waals surface area contributed by atoms with E-state index in [9.17, 15) is 18.3 Å². The Labute approximate surface area is 151 Å². The van der Waals surface area contributed by atoms with Gasteiger partial charge in [-0.2, -0.15) is 0 Å². The average molecular weight is 373 g/mol. The number of rotatable bonds is 5. The van der Waals surface area contributed by atoms with Gasteiger partial charge in [-0.3, -0.25) is 4.79 Å². The van der Waals surface area contributed by atoms with Crippen LogP contribution in [0.2, 0.25) is 0 Å². The van der Waals surface area contributed by atoms with Gasteiger partial charge in [-0.1, -0.05) is 11.6 Å². The minimum atomic E-state index is -3.28. The van der Waals surface area contributed by atoms with Crippen LogP contribution < -0.4 is 4.74 Å². The minimum absolute atomic E-state index is 0.165. The van der Waals surface area contributed by atoms with Gasteiger partial charge >= 0.3 is 5.97 Å². The van der Waals surface area contributed by atoms with E-state index in [0.717, 1.165) is 22.7 Å². The predicted molar refractivity (Wildman–Crippen MR) is 98.7 cm³/mol. The van der Waals surface area contributed by atoms with Crippen molar-refractivity contribution in [2.75, 3.05) is 6.26 Å². The summed E-state index contributed by atoms with van der Waals surface area (Å²) < 4.78 is 30.8. The smallest absolute Gasteiger partial charge is 0.323 e. The number of carbonyl (C=O) groups is 1. The predicted octanol–water partition coefficient (Wildman–Crippen LogP) is 3.54. The molecule has 6 nitrogen and oxygen atoms in total. The first-order valence-corrected chi connectivity index (χ1v) is 9.85. The van der Waals surface area contributed by atoms with Crippen molar-refractivity contribution < 1.29 is 23.1 Å². The molecule has 0 fully saturated rings. The second kappa shape index (κ2) is 6.49. The summed E-state index contributed by atoms with van der Waals surface area (Å²) in [6.45, 7) is 3.59. The molecular formula is C19H19NO5S. The van der Waals surface area contributed by atoms with Crippen molar-refractivity contribution in [3.05, 3.63) is 53.7 Å². The molecule has 0 aliphatic rings. The molecule has 0 amide bonds. The zero-order chi connectivity index (χ0) is 19.1. The number of carboxylic acid groups (broad SMARTS) is 1. The monoisotopic (exact) mass is 373 g/mol. The second-order valence-electron chi connectivity index (χ2n) is 6.26. The van der Waals surface area contributed by atoms with E-state index < -0.39 is 15.8 Å². The number of fused-ring (bicyclic) bond motifs is 1. The van der Waals surface area contributed by atoms with Gasteiger partial charge in [-0.25, -0.2) is 8.42 Å². The molecule has 1 aromatic heterocycles. The average Bonchev–Trinajstić information content (AvgIpc) is 2.79. The van der Waals surface area contributed by atoms with Crippen LogP contribution in [0.3, 0.4) is 0 Å². The van der Waals surface area contributed by atoms with E-state index in [4.69, 9.17) is 4.74 Å². The van der Waals surface area contributed by atoms with Gasteiger partial charge in [-0.05, 0) is 50.2 Å². The maximum Gasteiger partial charge on any atom is 0.323 e. The van der Waals surface area contributed by atoms with Gasteiger partial charge in [0.05, 0.1) is 16.1 Å². The van der Waals surface area contributed by atoms with E-state index in [1.165, 1.54) is 12.1 Å². The van der Waals surface area contributed by atoms with Crippen LogP contribution in [0, 0.1) is 13.8 Å². The molecule has 0 unspecified atom stereocenters. The lowest BCUT2D eigenvalue weighted by Gasteiger charge is -2.08. The molecule has 136 valence electrons. The number of carboxylic acids is 1. The van der Waals surface area contributed by atoms with E-state index >= 15 is 0 Å². The molecular weight excluding hydrogens is 354 g/mol. The van der Waals surface area contributed by atoms with E-state index in [0.29, 0.717) is 17.2 Å². The minimum Gasteiger partial charge on any atom is -0.480 e. The van der Waals surface area contributed by atoms with Crippen LogP contribution in [0.1, 0.15) is 11.3 Å². The van der Waals surface area contributed by atoms with Crippen LogP contribution in [-0.2, 0) is 21.2 Å². The maximum atomic E-state index is 11.6. The molecule has 0 saturated heterocycles. The molecule has 1 N–H and O–H groups in total. The third-order valence-electron chi connectivity index (χ3n) is 4.19. The molecule has 0 radical (unpaired) electrons. The molecule has 0 aliphatic carbocycles. The Morgan fingerprint density at radius 3 is 2.35 bits per heavy atom. The Kier molecular flexibility index (Phi) is 4.50. The fraction of sp³-hybridized carbons (Fsp3) is 0.211. The SMILES string of the molecule is Cc1ccc2c(c1)c(Oc1ccc(S(C)(=O)=O)cc1)c(C)n2CC(=O)O. The number of nitrogens with zero attached hydrogens (tertiary/aromatic N) is 1. The van der Waals surface area contributed by atoms with E-state index in [2.05, 4.69) is 0 Å². The zero-order valence-electron chi connectivity index (χ0n) is 14.7. The van der Waals surface area contributed by atoms with Crippen molar-refractivity contribution in [2.45, 2.75) is 25.3 Å². The third kappa shape index (κ3) is 3.43. The zero-order valence-corrected chi connectivity index (χ0v) is 15.5. The Morgan fingerprint density at radius 1 is 1.12 bits per heavy atom. The molecule has 0 bridgehead atoms. The highest BCUT2D eigenvalue weighted by Crippen LogP contribution is 2.36. The molecule has 3 rings (SSSR count). The number of aromatic nitrogens is 1. The molecule has 0 spiro atoms. The second-order valence-corrected chi connectivity index (χ2v) is 8.28. The van der Waals surface area contributed by atoms with Gasteiger partial charge in [0.25, 0.3) is 0 Å². The van der Waals surface area contributed by atoms with Crippen LogP contribution in [0.15, 0.2) is 47.4 Å². The first-order chi connectivity index (χ1) is 12.2. The number of ether oxygens (including phenoxy) is 1. The van der Waals surface area contributed by atoms with Gasteiger partial charge in [0.15, 0.2) is 15.6 Å². The summed E-state index contributed by atoms with van der Waals surface area (Å²) in [5.74, 6) is 0.114. The number of hydrogen-bond acceptors (Lipinski definition) is 4. The first-order valence-electron chi connectivity index (χ1n) is 7.96. The number of aliphatic carboxylic acids is 1. The van der Waals surface area contributed by atoms with Gasteiger partial charge in [0.1, 0.15) is 12.3 Å². The van der Waals surface area contributed by atoms with Crippen LogP contribution in [-0.4, -0.2) is 30.3 Å². The molecule has 3 aromatic rings. The lowest BCUT2D eigenvalue weighted by molar-refractivity contribution is -0.137. The van der Waals surface area contributed by atoms with Crippen molar-refractivity contribution in [1.82, 2.24) is 4.57 Å². The maximum absolute atomic E-state index is 11.6. The van der Waals surface area contributed by atoms with Crippen LogP contribution >= 0.6 is 0 Å². The molecule has 0 aliphatic heterocycles. The number of hydrogen-bond donors (Lipinski definition) is 1. The van der Waals surface area contributed by atoms with Crippen LogP contribution in [0.4, 0.5) is 0 Å². The summed E-state index contributed by atoms with van der Waals surface area (Å²) in [5.41, 5.74) is 2.50. The highest BCUT2D eigenvalue weighted by atomic mass is 32.2. The Bertz CT molecular complexity index is 1100. The third-order valence-corrected chi connectivity index (χ3v) is 5.31. The summed E-state index contributed by atoms with van der Waals surface area (Å²) >= 11 is 0. The van der Waals surface area contributed by atoms with E-state index in [1.54, 1.807) is 23.6 Å². The fourth-order valence-corrected chi connectivity index (χ4v) is 3.54. The van der Waals surface area contributed by atoms with Crippen LogP contribution in [0.5, 0.6) is 11.5 Å². The van der Waals surface area contributed by atoms with Crippen molar-refractivity contribution in [3.8, 4) is 11.5 Å². The summed E-state index contributed by atoms with van der Waals surface area (Å²) in [5, 5.41) is 10.0. The highest BCUT2D eigenvalue weighted by molar-refractivity contribution is 7.90. The van der Waals surface area contributed by atoms with Crippen molar-refractivity contribution >= 4 is 26.7 Å². The Hall–Kier alpha value is -2.80. The van der Waals surface area contributed by atoms with Gasteiger partial charge in [0, 0.05) is 11.6 Å². The fourth-order valence-electron chi connectivity index (χ4n) is 2.91. The number of benzene rings is 2. The number of aryl methyl sites for hydroxylation is 1. The van der Waals surface area contributed by atoms with Gasteiger partial charge in [0.2, 0.25) is 0 Å². The van der Waals surface area contributed by atoms with Crippen LogP contribution in [0.25, 0.3) is 10.9 Å². The molecule has 0 saturated carbocycles. The molecule has 2 aromatic carbocycles. The summed E-state index contributed by atoms with van der Waals surface area (Å²) in [7, 11) is -3.28.